The molecular weight excluding hydrogens is 200 g/mol. The number of hydrogen-bond donors (Lipinski definition) is 0. The van der Waals surface area contributed by atoms with Crippen molar-refractivity contribution in [3.8, 4) is 0 Å². The van der Waals surface area contributed by atoms with Gasteiger partial charge in [0, 0.05) is 12.3 Å². The second kappa shape index (κ2) is 5.01. The normalized spacial score (nSPS) is 32.6. The molecule has 0 saturated heterocycles. The zero-order chi connectivity index (χ0) is 10.6. The minimum atomic E-state index is -0.199. The van der Waals surface area contributed by atoms with Crippen LogP contribution >= 0.6 is 11.6 Å². The molecule has 1 aliphatic carbocycles. The monoisotopic (exact) mass is 218 g/mol. The average molecular weight is 219 g/mol. The Bertz CT molecular complexity index is 205. The topological polar surface area (TPSA) is 26.3 Å². The molecule has 2 nitrogen and oxygen atoms in total. The summed E-state index contributed by atoms with van der Waals surface area (Å²) in [5, 5.41) is 0.242. The van der Waals surface area contributed by atoms with Crippen molar-refractivity contribution in [1.82, 2.24) is 0 Å². The van der Waals surface area contributed by atoms with Gasteiger partial charge in [0.05, 0.1) is 6.61 Å². The van der Waals surface area contributed by atoms with Crippen LogP contribution in [0.25, 0.3) is 0 Å². The van der Waals surface area contributed by atoms with E-state index in [0.717, 1.165) is 19.3 Å². The quantitative estimate of drug-likeness (QED) is 0.538. The number of ether oxygens (including phenoxy) is 1. The Kier molecular flexibility index (Phi) is 4.24. The Labute approximate surface area is 91.0 Å². The maximum Gasteiger partial charge on any atom is 0.302 e. The maximum absolute atomic E-state index is 10.6. The minimum Gasteiger partial charge on any atom is -0.466 e. The molecule has 1 aliphatic rings. The summed E-state index contributed by atoms with van der Waals surface area (Å²) in [5.74, 6) is -0.199. The lowest BCUT2D eigenvalue weighted by Crippen LogP contribution is -2.33. The van der Waals surface area contributed by atoms with E-state index in [0.29, 0.717) is 6.61 Å². The first-order valence-corrected chi connectivity index (χ1v) is 5.76. The fourth-order valence-electron chi connectivity index (χ4n) is 2.07. The number of hydrogen-bond acceptors (Lipinski definition) is 2. The van der Waals surface area contributed by atoms with Gasteiger partial charge in [-0.3, -0.25) is 4.79 Å². The molecule has 0 bridgehead atoms. The Morgan fingerprint density at radius 3 is 2.86 bits per heavy atom. The molecule has 0 aromatic carbocycles. The van der Waals surface area contributed by atoms with Gasteiger partial charge in [0.15, 0.2) is 0 Å². The van der Waals surface area contributed by atoms with Crippen molar-refractivity contribution < 1.29 is 9.53 Å². The Morgan fingerprint density at radius 2 is 2.29 bits per heavy atom. The summed E-state index contributed by atoms with van der Waals surface area (Å²) in [6.45, 7) is 4.16. The van der Waals surface area contributed by atoms with Crippen LogP contribution < -0.4 is 0 Å². The first kappa shape index (κ1) is 11.8. The molecule has 2 atom stereocenters. The molecule has 14 heavy (non-hydrogen) atoms. The molecule has 0 aromatic heterocycles. The second-order valence-corrected chi connectivity index (χ2v) is 4.98. The molecule has 0 N–H and O–H groups in total. The Morgan fingerprint density at radius 1 is 1.57 bits per heavy atom. The first-order chi connectivity index (χ1) is 6.54. The summed E-state index contributed by atoms with van der Waals surface area (Å²) in [7, 11) is 0. The number of carbonyl (C=O) groups is 1. The van der Waals surface area contributed by atoms with Gasteiger partial charge in [0.25, 0.3) is 0 Å². The lowest BCUT2D eigenvalue weighted by molar-refractivity contribution is -0.141. The fourth-order valence-corrected chi connectivity index (χ4v) is 2.44. The van der Waals surface area contributed by atoms with E-state index in [-0.39, 0.29) is 16.8 Å². The van der Waals surface area contributed by atoms with Crippen LogP contribution in [0, 0.1) is 5.41 Å². The van der Waals surface area contributed by atoms with Crippen LogP contribution in [0.1, 0.15) is 46.0 Å². The summed E-state index contributed by atoms with van der Waals surface area (Å²) >= 11 is 6.30. The SMILES string of the molecule is CC(=O)OCC[C@]1(C)CCCC[C@H]1Cl. The van der Waals surface area contributed by atoms with Crippen molar-refractivity contribution >= 4 is 17.6 Å². The summed E-state index contributed by atoms with van der Waals surface area (Å²) < 4.78 is 4.96. The first-order valence-electron chi connectivity index (χ1n) is 5.32. The summed E-state index contributed by atoms with van der Waals surface area (Å²) in [6.07, 6.45) is 5.62. The third-order valence-corrected chi connectivity index (χ3v) is 3.94. The predicted molar refractivity (Wildman–Crippen MR) is 57.5 cm³/mol. The highest BCUT2D eigenvalue weighted by Gasteiger charge is 2.34. The van der Waals surface area contributed by atoms with Crippen LogP contribution in [-0.4, -0.2) is 18.0 Å². The summed E-state index contributed by atoms with van der Waals surface area (Å²) in [4.78, 5) is 10.6. The number of carbonyl (C=O) groups excluding carboxylic acids is 1. The van der Waals surface area contributed by atoms with E-state index in [1.165, 1.54) is 19.8 Å². The smallest absolute Gasteiger partial charge is 0.302 e. The molecule has 1 fully saturated rings. The van der Waals surface area contributed by atoms with Gasteiger partial charge in [-0.05, 0) is 24.7 Å². The molecule has 1 saturated carbocycles. The second-order valence-electron chi connectivity index (χ2n) is 4.46. The lowest BCUT2D eigenvalue weighted by Gasteiger charge is -2.38. The zero-order valence-corrected chi connectivity index (χ0v) is 9.77. The van der Waals surface area contributed by atoms with Gasteiger partial charge in [-0.2, -0.15) is 0 Å². The highest BCUT2D eigenvalue weighted by molar-refractivity contribution is 6.21. The Balaban J connectivity index is 2.35. The molecule has 0 unspecified atom stereocenters. The van der Waals surface area contributed by atoms with Gasteiger partial charge < -0.3 is 4.74 Å². The third kappa shape index (κ3) is 3.16. The number of alkyl halides is 1. The van der Waals surface area contributed by atoms with Gasteiger partial charge >= 0.3 is 5.97 Å². The van der Waals surface area contributed by atoms with E-state index in [4.69, 9.17) is 16.3 Å². The molecule has 0 spiro atoms. The summed E-state index contributed by atoms with van der Waals surface area (Å²) in [6, 6.07) is 0. The van der Waals surface area contributed by atoms with Crippen LogP contribution in [0.5, 0.6) is 0 Å². The van der Waals surface area contributed by atoms with Gasteiger partial charge in [-0.1, -0.05) is 19.8 Å². The maximum atomic E-state index is 10.6. The van der Waals surface area contributed by atoms with Crippen LogP contribution in [0.3, 0.4) is 0 Å². The van der Waals surface area contributed by atoms with E-state index in [1.807, 2.05) is 0 Å². The molecule has 82 valence electrons. The minimum absolute atomic E-state index is 0.162. The van der Waals surface area contributed by atoms with E-state index < -0.39 is 0 Å². The van der Waals surface area contributed by atoms with Crippen molar-refractivity contribution in [3.63, 3.8) is 0 Å². The molecule has 0 aromatic rings. The molecule has 0 amide bonds. The number of esters is 1. The standard InChI is InChI=1S/C11H19ClO2/c1-9(13)14-8-7-11(2)6-4-3-5-10(11)12/h10H,3-8H2,1-2H3/t10-,11+/m1/s1. The molecule has 3 heteroatoms. The van der Waals surface area contributed by atoms with E-state index in [9.17, 15) is 4.79 Å². The van der Waals surface area contributed by atoms with E-state index in [1.54, 1.807) is 0 Å². The van der Waals surface area contributed by atoms with Crippen LogP contribution in [0.4, 0.5) is 0 Å². The summed E-state index contributed by atoms with van der Waals surface area (Å²) in [5.41, 5.74) is 0.162. The molecule has 1 rings (SSSR count). The van der Waals surface area contributed by atoms with Crippen molar-refractivity contribution in [2.45, 2.75) is 51.3 Å². The van der Waals surface area contributed by atoms with Crippen LogP contribution in [0.15, 0.2) is 0 Å². The van der Waals surface area contributed by atoms with Crippen LogP contribution in [0.2, 0.25) is 0 Å². The van der Waals surface area contributed by atoms with Gasteiger partial charge in [-0.25, -0.2) is 0 Å². The van der Waals surface area contributed by atoms with E-state index in [2.05, 4.69) is 6.92 Å². The fraction of sp³-hybridized carbons (Fsp3) is 0.909. The third-order valence-electron chi connectivity index (χ3n) is 3.19. The zero-order valence-electron chi connectivity index (χ0n) is 9.01. The Hall–Kier alpha value is -0.240. The molecule has 0 heterocycles. The van der Waals surface area contributed by atoms with Gasteiger partial charge in [0.2, 0.25) is 0 Å². The van der Waals surface area contributed by atoms with Crippen molar-refractivity contribution in [3.05, 3.63) is 0 Å². The molecule has 0 radical (unpaired) electrons. The van der Waals surface area contributed by atoms with Crippen molar-refractivity contribution in [2.24, 2.45) is 5.41 Å². The largest absolute Gasteiger partial charge is 0.466 e. The van der Waals surface area contributed by atoms with Crippen molar-refractivity contribution in [2.75, 3.05) is 6.61 Å². The van der Waals surface area contributed by atoms with Crippen LogP contribution in [-0.2, 0) is 9.53 Å². The van der Waals surface area contributed by atoms with Gasteiger partial charge in [-0.15, -0.1) is 11.6 Å². The van der Waals surface area contributed by atoms with Gasteiger partial charge in [0.1, 0.15) is 0 Å². The average Bonchev–Trinajstić information content (AvgIpc) is 2.10. The van der Waals surface area contributed by atoms with Crippen molar-refractivity contribution in [1.29, 1.82) is 0 Å². The molecular formula is C11H19ClO2. The highest BCUT2D eigenvalue weighted by atomic mass is 35.5. The van der Waals surface area contributed by atoms with E-state index >= 15 is 0 Å². The number of rotatable bonds is 3. The predicted octanol–water partition coefficient (Wildman–Crippen LogP) is 3.13. The number of halogens is 1. The lowest BCUT2D eigenvalue weighted by atomic mass is 9.73. The highest BCUT2D eigenvalue weighted by Crippen LogP contribution is 2.42. The molecule has 0 aliphatic heterocycles.